The van der Waals surface area contributed by atoms with E-state index in [2.05, 4.69) is 30.6 Å². The number of aromatic nitrogens is 4. The van der Waals surface area contributed by atoms with Crippen LogP contribution < -0.4 is 5.56 Å². The third kappa shape index (κ3) is 2.01. The quantitative estimate of drug-likeness (QED) is 0.681. The molecule has 21 heavy (non-hydrogen) atoms. The van der Waals surface area contributed by atoms with Crippen LogP contribution in [0.15, 0.2) is 39.9 Å². The van der Waals surface area contributed by atoms with Gasteiger partial charge in [0.05, 0.1) is 17.1 Å². The lowest BCUT2D eigenvalue weighted by molar-refractivity contribution is 0.544. The normalized spacial score (nSPS) is 14.3. The van der Waals surface area contributed by atoms with Crippen LogP contribution in [0.4, 0.5) is 0 Å². The molecule has 0 unspecified atom stereocenters. The van der Waals surface area contributed by atoms with Gasteiger partial charge in [0.2, 0.25) is 0 Å². The van der Waals surface area contributed by atoms with Crippen molar-refractivity contribution in [2.75, 3.05) is 0 Å². The molecule has 0 atom stereocenters. The van der Waals surface area contributed by atoms with Crippen molar-refractivity contribution in [3.05, 3.63) is 51.1 Å². The second-order valence-corrected chi connectivity index (χ2v) is 6.16. The number of halogens is 1. The maximum absolute atomic E-state index is 12.7. The number of rotatable bonds is 1. The van der Waals surface area contributed by atoms with E-state index in [0.29, 0.717) is 5.82 Å². The van der Waals surface area contributed by atoms with Gasteiger partial charge in [-0.3, -0.25) is 4.79 Å². The number of nitrogens with zero attached hydrogens (tertiary/aromatic N) is 4. The second-order valence-electron chi connectivity index (χ2n) is 5.24. The molecule has 3 aromatic heterocycles. The lowest BCUT2D eigenvalue weighted by atomic mass is 10.1. The lowest BCUT2D eigenvalue weighted by Gasteiger charge is -2.15. The van der Waals surface area contributed by atoms with Gasteiger partial charge >= 0.3 is 0 Å². The fourth-order valence-corrected chi connectivity index (χ4v) is 3.15. The molecule has 1 aliphatic rings. The standard InChI is InChI=1S/C15H13BrN4O/c16-10-4-5-14(17-8-10)20-15(21)12-7-11-3-1-2-6-19(11)13(12)9-18-20/h4-5,7-9H,1-3,6H2. The molecule has 5 nitrogen and oxygen atoms in total. The summed E-state index contributed by atoms with van der Waals surface area (Å²) in [6.07, 6.45) is 6.82. The van der Waals surface area contributed by atoms with Crippen LogP contribution in [0.5, 0.6) is 0 Å². The molecule has 4 heterocycles. The summed E-state index contributed by atoms with van der Waals surface area (Å²) in [5.74, 6) is 0.536. The number of fused-ring (bicyclic) bond motifs is 3. The van der Waals surface area contributed by atoms with Gasteiger partial charge in [-0.25, -0.2) is 4.98 Å². The van der Waals surface area contributed by atoms with Gasteiger partial charge in [0.15, 0.2) is 5.82 Å². The number of aryl methyl sites for hydroxylation is 2. The lowest BCUT2D eigenvalue weighted by Crippen LogP contribution is -2.21. The van der Waals surface area contributed by atoms with Crippen LogP contribution >= 0.6 is 15.9 Å². The van der Waals surface area contributed by atoms with Gasteiger partial charge in [0.25, 0.3) is 5.56 Å². The monoisotopic (exact) mass is 344 g/mol. The highest BCUT2D eigenvalue weighted by Crippen LogP contribution is 2.23. The zero-order valence-electron chi connectivity index (χ0n) is 11.3. The van der Waals surface area contributed by atoms with Crippen molar-refractivity contribution in [1.29, 1.82) is 0 Å². The van der Waals surface area contributed by atoms with Gasteiger partial charge in [-0.1, -0.05) is 0 Å². The minimum absolute atomic E-state index is 0.107. The molecule has 0 N–H and O–H groups in total. The van der Waals surface area contributed by atoms with Crippen LogP contribution in [0.3, 0.4) is 0 Å². The average Bonchev–Trinajstić information content (AvgIpc) is 2.89. The number of pyridine rings is 1. The second kappa shape index (κ2) is 4.80. The summed E-state index contributed by atoms with van der Waals surface area (Å²) in [4.78, 5) is 16.9. The molecule has 0 saturated heterocycles. The molecule has 1 aliphatic heterocycles. The molecule has 6 heteroatoms. The molecule has 106 valence electrons. The Bertz CT molecular complexity index is 879. The van der Waals surface area contributed by atoms with E-state index in [-0.39, 0.29) is 5.56 Å². The summed E-state index contributed by atoms with van der Waals surface area (Å²) in [5.41, 5.74) is 2.06. The third-order valence-electron chi connectivity index (χ3n) is 3.94. The minimum atomic E-state index is -0.107. The summed E-state index contributed by atoms with van der Waals surface area (Å²) < 4.78 is 4.45. The van der Waals surface area contributed by atoms with E-state index in [0.717, 1.165) is 34.8 Å². The van der Waals surface area contributed by atoms with Crippen LogP contribution in [-0.4, -0.2) is 19.3 Å². The summed E-state index contributed by atoms with van der Waals surface area (Å²) >= 11 is 3.34. The highest BCUT2D eigenvalue weighted by molar-refractivity contribution is 9.10. The predicted octanol–water partition coefficient (Wildman–Crippen LogP) is 2.68. The molecule has 0 spiro atoms. The van der Waals surface area contributed by atoms with E-state index >= 15 is 0 Å². The summed E-state index contributed by atoms with van der Waals surface area (Å²) in [6, 6.07) is 5.64. The Hall–Kier alpha value is -1.95. The molecule has 3 aromatic rings. The van der Waals surface area contributed by atoms with Gasteiger partial charge in [-0.2, -0.15) is 9.78 Å². The molecule has 0 saturated carbocycles. The van der Waals surface area contributed by atoms with E-state index in [1.807, 2.05) is 12.1 Å². The van der Waals surface area contributed by atoms with E-state index in [9.17, 15) is 4.79 Å². The maximum Gasteiger partial charge on any atom is 0.282 e. The van der Waals surface area contributed by atoms with Gasteiger partial charge < -0.3 is 4.57 Å². The summed E-state index contributed by atoms with van der Waals surface area (Å²) in [7, 11) is 0. The molecule has 0 amide bonds. The predicted molar refractivity (Wildman–Crippen MR) is 83.8 cm³/mol. The van der Waals surface area contributed by atoms with Crippen LogP contribution in [0, 0.1) is 0 Å². The zero-order valence-corrected chi connectivity index (χ0v) is 12.9. The largest absolute Gasteiger partial charge is 0.343 e. The molecular formula is C15H13BrN4O. The van der Waals surface area contributed by atoms with Crippen molar-refractivity contribution in [1.82, 2.24) is 19.3 Å². The van der Waals surface area contributed by atoms with Crippen molar-refractivity contribution in [3.8, 4) is 5.82 Å². The van der Waals surface area contributed by atoms with Crippen molar-refractivity contribution < 1.29 is 0 Å². The Balaban J connectivity index is 1.94. The Kier molecular flexibility index (Phi) is 2.92. The fraction of sp³-hybridized carbons (Fsp3) is 0.267. The van der Waals surface area contributed by atoms with Gasteiger partial charge in [-0.15, -0.1) is 0 Å². The minimum Gasteiger partial charge on any atom is -0.343 e. The molecule has 0 radical (unpaired) electrons. The molecule has 0 aromatic carbocycles. The van der Waals surface area contributed by atoms with Crippen molar-refractivity contribution in [2.24, 2.45) is 0 Å². The molecule has 0 aliphatic carbocycles. The zero-order chi connectivity index (χ0) is 14.4. The van der Waals surface area contributed by atoms with Crippen molar-refractivity contribution in [3.63, 3.8) is 0 Å². The Morgan fingerprint density at radius 2 is 2.10 bits per heavy atom. The first kappa shape index (κ1) is 12.8. The maximum atomic E-state index is 12.7. The first-order valence-electron chi connectivity index (χ1n) is 6.96. The molecular weight excluding hydrogens is 332 g/mol. The Morgan fingerprint density at radius 3 is 2.90 bits per heavy atom. The SMILES string of the molecule is O=c1c2cc3n(c2cnn1-c1ccc(Br)cn1)CCCC3. The first-order valence-corrected chi connectivity index (χ1v) is 7.76. The van der Waals surface area contributed by atoms with E-state index < -0.39 is 0 Å². The Labute approximate surface area is 129 Å². The molecule has 4 rings (SSSR count). The topological polar surface area (TPSA) is 52.7 Å². The van der Waals surface area contributed by atoms with Crippen molar-refractivity contribution >= 4 is 26.8 Å². The van der Waals surface area contributed by atoms with E-state index in [1.54, 1.807) is 18.5 Å². The summed E-state index contributed by atoms with van der Waals surface area (Å²) in [6.45, 7) is 0.973. The van der Waals surface area contributed by atoms with E-state index in [1.165, 1.54) is 16.8 Å². The van der Waals surface area contributed by atoms with E-state index in [4.69, 9.17) is 0 Å². The van der Waals surface area contributed by atoms with Gasteiger partial charge in [0, 0.05) is 22.9 Å². The summed E-state index contributed by atoms with van der Waals surface area (Å²) in [5, 5.41) is 5.02. The fourth-order valence-electron chi connectivity index (χ4n) is 2.91. The van der Waals surface area contributed by atoms with Crippen LogP contribution in [0.1, 0.15) is 18.5 Å². The van der Waals surface area contributed by atoms with Crippen LogP contribution in [0.25, 0.3) is 16.7 Å². The number of hydrogen-bond donors (Lipinski definition) is 0. The molecule has 0 bridgehead atoms. The first-order chi connectivity index (χ1) is 10.2. The van der Waals surface area contributed by atoms with Gasteiger partial charge in [0.1, 0.15) is 0 Å². The van der Waals surface area contributed by atoms with Gasteiger partial charge in [-0.05, 0) is 53.4 Å². The highest BCUT2D eigenvalue weighted by Gasteiger charge is 2.16. The highest BCUT2D eigenvalue weighted by atomic mass is 79.9. The average molecular weight is 345 g/mol. The van der Waals surface area contributed by atoms with Crippen molar-refractivity contribution in [2.45, 2.75) is 25.8 Å². The van der Waals surface area contributed by atoms with Crippen LogP contribution in [-0.2, 0) is 13.0 Å². The number of hydrogen-bond acceptors (Lipinski definition) is 3. The van der Waals surface area contributed by atoms with Crippen LogP contribution in [0.2, 0.25) is 0 Å². The molecule has 0 fully saturated rings. The smallest absolute Gasteiger partial charge is 0.282 e. The Morgan fingerprint density at radius 1 is 1.19 bits per heavy atom. The third-order valence-corrected chi connectivity index (χ3v) is 4.41.